The minimum atomic E-state index is -0.319. The van der Waals surface area contributed by atoms with E-state index < -0.39 is 0 Å². The SMILES string of the molecule is CC(C)Nc1cncc(-c2cc3c(-c4nc5nccc(-c6cc(F)cc(NCCN(C)C)c6)c5[nH]4)n[nH]c3cn2)c1. The highest BCUT2D eigenvalue weighted by Crippen LogP contribution is 2.33. The molecule has 0 fully saturated rings. The van der Waals surface area contributed by atoms with Crippen LogP contribution < -0.4 is 10.6 Å². The Kier molecular flexibility index (Phi) is 7.02. The van der Waals surface area contributed by atoms with Gasteiger partial charge in [0, 0.05) is 59.9 Å². The van der Waals surface area contributed by atoms with Gasteiger partial charge >= 0.3 is 0 Å². The predicted molar refractivity (Wildman–Crippen MR) is 161 cm³/mol. The number of rotatable bonds is 9. The molecule has 0 saturated carbocycles. The normalized spacial score (nSPS) is 11.7. The number of halogens is 1. The second kappa shape index (κ2) is 10.9. The zero-order valence-electron chi connectivity index (χ0n) is 23.3. The third-order valence-electron chi connectivity index (χ3n) is 6.65. The van der Waals surface area contributed by atoms with Gasteiger partial charge in [0.05, 0.1) is 28.6 Å². The predicted octanol–water partition coefficient (Wildman–Crippen LogP) is 5.56. The number of aromatic nitrogens is 7. The molecule has 0 atom stereocenters. The number of pyridine rings is 3. The van der Waals surface area contributed by atoms with Gasteiger partial charge in [-0.2, -0.15) is 5.10 Å². The molecule has 0 bridgehead atoms. The first-order valence-corrected chi connectivity index (χ1v) is 13.4. The van der Waals surface area contributed by atoms with Crippen LogP contribution >= 0.6 is 0 Å². The summed E-state index contributed by atoms with van der Waals surface area (Å²) < 4.78 is 14.6. The lowest BCUT2D eigenvalue weighted by atomic mass is 10.0. The van der Waals surface area contributed by atoms with Gasteiger partial charge in [0.1, 0.15) is 11.5 Å². The maximum Gasteiger partial charge on any atom is 0.178 e. The van der Waals surface area contributed by atoms with E-state index in [0.29, 0.717) is 34.9 Å². The van der Waals surface area contributed by atoms with Crippen LogP contribution in [0, 0.1) is 5.82 Å². The lowest BCUT2D eigenvalue weighted by Crippen LogP contribution is -2.20. The monoisotopic (exact) mass is 550 g/mol. The number of likely N-dealkylation sites (N-methyl/N-ethyl adjacent to an activating group) is 1. The highest BCUT2D eigenvalue weighted by Gasteiger charge is 2.17. The van der Waals surface area contributed by atoms with E-state index >= 15 is 0 Å². The fourth-order valence-corrected chi connectivity index (χ4v) is 4.78. The number of H-pyrrole nitrogens is 2. The minimum absolute atomic E-state index is 0.285. The molecule has 0 aliphatic rings. The molecule has 6 aromatic rings. The lowest BCUT2D eigenvalue weighted by molar-refractivity contribution is 0.425. The zero-order valence-corrected chi connectivity index (χ0v) is 23.3. The molecule has 0 unspecified atom stereocenters. The summed E-state index contributed by atoms with van der Waals surface area (Å²) in [6.07, 6.45) is 7.03. The third-order valence-corrected chi connectivity index (χ3v) is 6.65. The van der Waals surface area contributed by atoms with Crippen molar-refractivity contribution in [1.29, 1.82) is 0 Å². The van der Waals surface area contributed by atoms with Crippen LogP contribution in [0.5, 0.6) is 0 Å². The number of aromatic amines is 2. The number of benzene rings is 1. The Balaban J connectivity index is 1.37. The first-order valence-electron chi connectivity index (χ1n) is 13.4. The Morgan fingerprint density at radius 1 is 0.976 bits per heavy atom. The van der Waals surface area contributed by atoms with Gasteiger partial charge in [0.15, 0.2) is 11.5 Å². The van der Waals surface area contributed by atoms with Gasteiger partial charge in [-0.05, 0) is 69.9 Å². The highest BCUT2D eigenvalue weighted by molar-refractivity contribution is 5.97. The number of fused-ring (bicyclic) bond motifs is 2. The summed E-state index contributed by atoms with van der Waals surface area (Å²) in [5.41, 5.74) is 7.46. The fraction of sp³-hybridized carbons (Fsp3) is 0.233. The largest absolute Gasteiger partial charge is 0.384 e. The van der Waals surface area contributed by atoms with Crippen LogP contribution in [-0.2, 0) is 0 Å². The van der Waals surface area contributed by atoms with Crippen molar-refractivity contribution in [2.45, 2.75) is 19.9 Å². The van der Waals surface area contributed by atoms with Gasteiger partial charge in [0.25, 0.3) is 0 Å². The van der Waals surface area contributed by atoms with Crippen LogP contribution in [0.2, 0.25) is 0 Å². The summed E-state index contributed by atoms with van der Waals surface area (Å²) >= 11 is 0. The molecule has 11 heteroatoms. The molecule has 0 amide bonds. The molecule has 1 aromatic carbocycles. The van der Waals surface area contributed by atoms with E-state index in [1.54, 1.807) is 24.8 Å². The first-order chi connectivity index (χ1) is 19.8. The van der Waals surface area contributed by atoms with Gasteiger partial charge in [-0.3, -0.25) is 15.1 Å². The van der Waals surface area contributed by atoms with Crippen LogP contribution in [-0.4, -0.2) is 73.2 Å². The Hall–Kier alpha value is -4.90. The molecule has 6 rings (SSSR count). The molecule has 0 radical (unpaired) electrons. The van der Waals surface area contributed by atoms with Crippen molar-refractivity contribution in [2.24, 2.45) is 0 Å². The fourth-order valence-electron chi connectivity index (χ4n) is 4.78. The molecular weight excluding hydrogens is 519 g/mol. The second-order valence-electron chi connectivity index (χ2n) is 10.5. The average molecular weight is 551 g/mol. The Bertz CT molecular complexity index is 1840. The van der Waals surface area contributed by atoms with Crippen LogP contribution in [0.3, 0.4) is 0 Å². The van der Waals surface area contributed by atoms with Crippen molar-refractivity contribution in [3.8, 4) is 33.9 Å². The summed E-state index contributed by atoms with van der Waals surface area (Å²) in [5.74, 6) is 0.234. The van der Waals surface area contributed by atoms with E-state index in [0.717, 1.165) is 45.5 Å². The Morgan fingerprint density at radius 2 is 1.83 bits per heavy atom. The molecule has 10 nitrogen and oxygen atoms in total. The number of anilines is 2. The number of hydrogen-bond donors (Lipinski definition) is 4. The van der Waals surface area contributed by atoms with E-state index in [1.807, 2.05) is 38.4 Å². The topological polar surface area (TPSA) is 123 Å². The molecule has 5 heterocycles. The van der Waals surface area contributed by atoms with Gasteiger partial charge < -0.3 is 20.5 Å². The molecule has 5 aromatic heterocycles. The Morgan fingerprint density at radius 3 is 2.66 bits per heavy atom. The standard InChI is InChI=1S/C30H31FN10/c1-17(2)36-22-11-19(14-32-15-22)25-13-24-26(16-35-25)39-40-28(24)30-37-27-23(5-6-34-29(27)38-30)18-9-20(31)12-21(10-18)33-7-8-41(3)4/h5-6,9-17,33,36H,7-8H2,1-4H3,(H,39,40)(H,34,37,38). The van der Waals surface area contributed by atoms with Crippen LogP contribution in [0.4, 0.5) is 15.8 Å². The van der Waals surface area contributed by atoms with Gasteiger partial charge in [-0.1, -0.05) is 0 Å². The van der Waals surface area contributed by atoms with Crippen molar-refractivity contribution >= 4 is 33.4 Å². The van der Waals surface area contributed by atoms with E-state index in [9.17, 15) is 4.39 Å². The summed E-state index contributed by atoms with van der Waals surface area (Å²) in [4.78, 5) is 23.7. The third kappa shape index (κ3) is 5.57. The molecule has 41 heavy (non-hydrogen) atoms. The molecule has 0 aliphatic carbocycles. The quantitative estimate of drug-likeness (QED) is 0.185. The van der Waals surface area contributed by atoms with Gasteiger partial charge in [-0.15, -0.1) is 0 Å². The van der Waals surface area contributed by atoms with Crippen LogP contribution in [0.15, 0.2) is 61.2 Å². The summed E-state index contributed by atoms with van der Waals surface area (Å²) in [6.45, 7) is 5.70. The van der Waals surface area contributed by atoms with Crippen molar-refractivity contribution in [1.82, 2.24) is 40.0 Å². The number of nitrogens with one attached hydrogen (secondary N) is 4. The van der Waals surface area contributed by atoms with Crippen molar-refractivity contribution in [3.63, 3.8) is 0 Å². The first kappa shape index (κ1) is 26.3. The van der Waals surface area contributed by atoms with Crippen molar-refractivity contribution < 1.29 is 4.39 Å². The second-order valence-corrected chi connectivity index (χ2v) is 10.5. The number of nitrogens with zero attached hydrogens (tertiary/aromatic N) is 6. The van der Waals surface area contributed by atoms with Crippen molar-refractivity contribution in [2.75, 3.05) is 37.8 Å². The molecule has 0 spiro atoms. The zero-order chi connectivity index (χ0) is 28.5. The smallest absolute Gasteiger partial charge is 0.178 e. The van der Waals surface area contributed by atoms with Gasteiger partial charge in [-0.25, -0.2) is 14.4 Å². The van der Waals surface area contributed by atoms with Crippen LogP contribution in [0.25, 0.3) is 56.0 Å². The lowest BCUT2D eigenvalue weighted by Gasteiger charge is -2.13. The average Bonchev–Trinajstić information content (AvgIpc) is 3.56. The molecule has 4 N–H and O–H groups in total. The van der Waals surface area contributed by atoms with Crippen molar-refractivity contribution in [3.05, 3.63) is 67.0 Å². The van der Waals surface area contributed by atoms with Gasteiger partial charge in [0.2, 0.25) is 0 Å². The van der Waals surface area contributed by atoms with E-state index in [1.165, 1.54) is 12.1 Å². The summed E-state index contributed by atoms with van der Waals surface area (Å²) in [6, 6.07) is 11.1. The van der Waals surface area contributed by atoms with E-state index in [-0.39, 0.29) is 11.9 Å². The summed E-state index contributed by atoms with van der Waals surface area (Å²) in [5, 5.41) is 15.1. The minimum Gasteiger partial charge on any atom is -0.384 e. The maximum atomic E-state index is 14.6. The number of hydrogen-bond acceptors (Lipinski definition) is 8. The van der Waals surface area contributed by atoms with Crippen LogP contribution in [0.1, 0.15) is 13.8 Å². The molecule has 208 valence electrons. The summed E-state index contributed by atoms with van der Waals surface area (Å²) in [7, 11) is 4.00. The highest BCUT2D eigenvalue weighted by atomic mass is 19.1. The molecule has 0 saturated heterocycles. The molecular formula is C30H31FN10. The number of imidazole rings is 1. The maximum absolute atomic E-state index is 14.6. The molecule has 0 aliphatic heterocycles. The Labute approximate surface area is 236 Å². The van der Waals surface area contributed by atoms with E-state index in [4.69, 9.17) is 4.98 Å². The van der Waals surface area contributed by atoms with E-state index in [2.05, 4.69) is 59.5 Å².